The van der Waals surface area contributed by atoms with E-state index in [1.807, 2.05) is 12.1 Å². The van der Waals surface area contributed by atoms with Gasteiger partial charge in [0.15, 0.2) is 0 Å². The summed E-state index contributed by atoms with van der Waals surface area (Å²) >= 11 is 0. The van der Waals surface area contributed by atoms with E-state index in [9.17, 15) is 10.2 Å². The molecule has 3 N–H and O–H groups in total. The highest BCUT2D eigenvalue weighted by molar-refractivity contribution is 5.64. The SMILES string of the molecule is CC(C)(C)NC1CC(Cc2ccc(-c3ccc(O)cc3)cc2)CC1O. The van der Waals surface area contributed by atoms with Crippen molar-refractivity contribution in [1.82, 2.24) is 5.32 Å². The van der Waals surface area contributed by atoms with Gasteiger partial charge in [-0.05, 0) is 74.8 Å². The standard InChI is InChI=1S/C22H29NO2/c1-22(2,3)23-20-13-16(14-21(20)25)12-15-4-6-17(7-5-15)18-8-10-19(24)11-9-18/h4-11,16,20-21,23-25H,12-14H2,1-3H3. The second-order valence-corrected chi connectivity index (χ2v) is 8.35. The van der Waals surface area contributed by atoms with Gasteiger partial charge < -0.3 is 15.5 Å². The van der Waals surface area contributed by atoms with Crippen LogP contribution < -0.4 is 5.32 Å². The minimum atomic E-state index is -0.250. The van der Waals surface area contributed by atoms with Crippen LogP contribution in [-0.4, -0.2) is 27.9 Å². The van der Waals surface area contributed by atoms with Crippen molar-refractivity contribution in [2.45, 2.75) is 57.7 Å². The first kappa shape index (κ1) is 18.0. The van der Waals surface area contributed by atoms with Gasteiger partial charge in [0.2, 0.25) is 0 Å². The Labute approximate surface area is 150 Å². The molecule has 2 aromatic carbocycles. The van der Waals surface area contributed by atoms with Gasteiger partial charge in [0, 0.05) is 11.6 Å². The molecule has 2 aromatic rings. The van der Waals surface area contributed by atoms with Crippen LogP contribution in [0.5, 0.6) is 5.75 Å². The highest BCUT2D eigenvalue weighted by Gasteiger charge is 2.34. The Kier molecular flexibility index (Phi) is 5.16. The number of benzene rings is 2. The van der Waals surface area contributed by atoms with E-state index in [0.29, 0.717) is 11.7 Å². The van der Waals surface area contributed by atoms with E-state index in [4.69, 9.17) is 0 Å². The van der Waals surface area contributed by atoms with Crippen LogP contribution in [0.3, 0.4) is 0 Å². The van der Waals surface area contributed by atoms with E-state index < -0.39 is 0 Å². The van der Waals surface area contributed by atoms with Crippen molar-refractivity contribution in [3.05, 3.63) is 54.1 Å². The predicted octanol–water partition coefficient (Wildman–Crippen LogP) is 4.13. The number of aromatic hydroxyl groups is 1. The van der Waals surface area contributed by atoms with Gasteiger partial charge in [-0.3, -0.25) is 0 Å². The Bertz CT molecular complexity index is 685. The van der Waals surface area contributed by atoms with Crippen LogP contribution in [0.4, 0.5) is 0 Å². The molecule has 1 saturated carbocycles. The predicted molar refractivity (Wildman–Crippen MR) is 103 cm³/mol. The lowest BCUT2D eigenvalue weighted by Gasteiger charge is -2.27. The molecule has 0 amide bonds. The summed E-state index contributed by atoms with van der Waals surface area (Å²) in [5.74, 6) is 0.813. The van der Waals surface area contributed by atoms with E-state index in [0.717, 1.165) is 30.4 Å². The van der Waals surface area contributed by atoms with Gasteiger partial charge in [-0.15, -0.1) is 0 Å². The molecule has 0 radical (unpaired) electrons. The Balaban J connectivity index is 1.61. The van der Waals surface area contributed by atoms with Crippen LogP contribution >= 0.6 is 0 Å². The lowest BCUT2D eigenvalue weighted by Crippen LogP contribution is -2.47. The molecule has 0 spiro atoms. The van der Waals surface area contributed by atoms with Crippen LogP contribution in [0.1, 0.15) is 39.2 Å². The third-order valence-electron chi connectivity index (χ3n) is 4.92. The monoisotopic (exact) mass is 339 g/mol. The molecule has 0 aliphatic heterocycles. The van der Waals surface area contributed by atoms with Crippen LogP contribution in [0.2, 0.25) is 0 Å². The van der Waals surface area contributed by atoms with Gasteiger partial charge in [0.05, 0.1) is 6.10 Å². The summed E-state index contributed by atoms with van der Waals surface area (Å²) in [4.78, 5) is 0. The van der Waals surface area contributed by atoms with Gasteiger partial charge in [-0.25, -0.2) is 0 Å². The summed E-state index contributed by atoms with van der Waals surface area (Å²) in [5, 5.41) is 23.3. The molecule has 0 saturated heterocycles. The number of rotatable bonds is 4. The summed E-state index contributed by atoms with van der Waals surface area (Å²) in [5.41, 5.74) is 3.61. The molecule has 3 nitrogen and oxygen atoms in total. The first-order valence-corrected chi connectivity index (χ1v) is 9.14. The molecule has 134 valence electrons. The number of hydrogen-bond donors (Lipinski definition) is 3. The summed E-state index contributed by atoms with van der Waals surface area (Å²) in [6.45, 7) is 6.44. The fourth-order valence-corrected chi connectivity index (χ4v) is 3.82. The lowest BCUT2D eigenvalue weighted by atomic mass is 9.95. The summed E-state index contributed by atoms with van der Waals surface area (Å²) in [6.07, 6.45) is 2.65. The second kappa shape index (κ2) is 7.19. The molecule has 3 heteroatoms. The van der Waals surface area contributed by atoms with Crippen LogP contribution in [0.25, 0.3) is 11.1 Å². The highest BCUT2D eigenvalue weighted by Crippen LogP contribution is 2.31. The molecule has 3 unspecified atom stereocenters. The molecule has 3 rings (SSSR count). The normalized spacial score (nSPS) is 23.8. The number of hydrogen-bond acceptors (Lipinski definition) is 3. The van der Waals surface area contributed by atoms with Gasteiger partial charge in [0.25, 0.3) is 0 Å². The van der Waals surface area contributed by atoms with E-state index in [2.05, 4.69) is 50.4 Å². The maximum Gasteiger partial charge on any atom is 0.115 e. The number of nitrogens with one attached hydrogen (secondary N) is 1. The minimum absolute atomic E-state index is 0.0340. The largest absolute Gasteiger partial charge is 0.508 e. The van der Waals surface area contributed by atoms with Crippen molar-refractivity contribution in [3.63, 3.8) is 0 Å². The van der Waals surface area contributed by atoms with E-state index >= 15 is 0 Å². The van der Waals surface area contributed by atoms with Gasteiger partial charge in [-0.2, -0.15) is 0 Å². The average Bonchev–Trinajstić information content (AvgIpc) is 2.86. The lowest BCUT2D eigenvalue weighted by molar-refractivity contribution is 0.133. The molecule has 0 heterocycles. The fraction of sp³-hybridized carbons (Fsp3) is 0.455. The van der Waals surface area contributed by atoms with Crippen molar-refractivity contribution < 1.29 is 10.2 Å². The molecular weight excluding hydrogens is 310 g/mol. The zero-order valence-electron chi connectivity index (χ0n) is 15.4. The molecular formula is C22H29NO2. The first-order chi connectivity index (χ1) is 11.8. The Morgan fingerprint density at radius 2 is 1.48 bits per heavy atom. The summed E-state index contributed by atoms with van der Waals surface area (Å²) in [6, 6.07) is 16.1. The summed E-state index contributed by atoms with van der Waals surface area (Å²) in [7, 11) is 0. The van der Waals surface area contributed by atoms with E-state index in [1.165, 1.54) is 5.56 Å². The van der Waals surface area contributed by atoms with Crippen LogP contribution in [-0.2, 0) is 6.42 Å². The third-order valence-corrected chi connectivity index (χ3v) is 4.92. The maximum absolute atomic E-state index is 10.3. The zero-order valence-corrected chi connectivity index (χ0v) is 15.4. The topological polar surface area (TPSA) is 52.5 Å². The van der Waals surface area contributed by atoms with Crippen molar-refractivity contribution >= 4 is 0 Å². The Hall–Kier alpha value is -1.84. The van der Waals surface area contributed by atoms with Gasteiger partial charge in [-0.1, -0.05) is 36.4 Å². The molecule has 0 bridgehead atoms. The average molecular weight is 339 g/mol. The molecule has 1 fully saturated rings. The summed E-state index contributed by atoms with van der Waals surface area (Å²) < 4.78 is 0. The van der Waals surface area contributed by atoms with Crippen LogP contribution in [0.15, 0.2) is 48.5 Å². The molecule has 3 atom stereocenters. The Morgan fingerprint density at radius 1 is 0.920 bits per heavy atom. The number of aliphatic hydroxyl groups excluding tert-OH is 1. The smallest absolute Gasteiger partial charge is 0.115 e. The van der Waals surface area contributed by atoms with Gasteiger partial charge >= 0.3 is 0 Å². The number of phenolic OH excluding ortho intramolecular Hbond substituents is 1. The number of phenols is 1. The van der Waals surface area contributed by atoms with E-state index in [1.54, 1.807) is 12.1 Å². The zero-order chi connectivity index (χ0) is 18.0. The first-order valence-electron chi connectivity index (χ1n) is 9.14. The van der Waals surface area contributed by atoms with Crippen molar-refractivity contribution in [2.75, 3.05) is 0 Å². The number of aliphatic hydroxyl groups is 1. The van der Waals surface area contributed by atoms with Crippen molar-refractivity contribution in [3.8, 4) is 16.9 Å². The second-order valence-electron chi connectivity index (χ2n) is 8.35. The van der Waals surface area contributed by atoms with Crippen LogP contribution in [0, 0.1) is 5.92 Å². The molecule has 25 heavy (non-hydrogen) atoms. The maximum atomic E-state index is 10.3. The van der Waals surface area contributed by atoms with Crippen molar-refractivity contribution in [2.24, 2.45) is 5.92 Å². The molecule has 0 aromatic heterocycles. The third kappa shape index (κ3) is 4.83. The Morgan fingerprint density at radius 3 is 2.04 bits per heavy atom. The molecule has 1 aliphatic rings. The minimum Gasteiger partial charge on any atom is -0.508 e. The van der Waals surface area contributed by atoms with Crippen molar-refractivity contribution in [1.29, 1.82) is 0 Å². The quantitative estimate of drug-likeness (QED) is 0.785. The molecule has 1 aliphatic carbocycles. The van der Waals surface area contributed by atoms with E-state index in [-0.39, 0.29) is 17.7 Å². The fourth-order valence-electron chi connectivity index (χ4n) is 3.82. The highest BCUT2D eigenvalue weighted by atomic mass is 16.3. The van der Waals surface area contributed by atoms with Gasteiger partial charge in [0.1, 0.15) is 5.75 Å².